The van der Waals surface area contributed by atoms with Gasteiger partial charge in [0.25, 0.3) is 0 Å². The molecule has 10 heteroatoms. The molecule has 0 amide bonds. The van der Waals surface area contributed by atoms with E-state index < -0.39 is 34.6 Å². The number of aliphatic hydroxyl groups excluding tert-OH is 1. The lowest BCUT2D eigenvalue weighted by Gasteiger charge is -2.12. The molecular formula is C4H7F2NO6S. The average Bonchev–Trinajstić information content (AvgIpc) is 2.13. The predicted molar refractivity (Wildman–Crippen MR) is 37.2 cm³/mol. The van der Waals surface area contributed by atoms with Crippen LogP contribution < -0.4 is 5.90 Å². The van der Waals surface area contributed by atoms with Gasteiger partial charge in [-0.25, -0.2) is 4.79 Å². The Hall–Kier alpha value is -0.840. The Labute approximate surface area is 77.5 Å². The van der Waals surface area contributed by atoms with Crippen LogP contribution in [0.25, 0.3) is 0 Å². The molecule has 0 saturated heterocycles. The molecule has 0 spiro atoms. The highest BCUT2D eigenvalue weighted by Crippen LogP contribution is 2.23. The molecular weight excluding hydrogens is 228 g/mol. The van der Waals surface area contributed by atoms with Crippen molar-refractivity contribution in [1.82, 2.24) is 0 Å². The molecule has 0 rings (SSSR count). The third kappa shape index (κ3) is 2.57. The van der Waals surface area contributed by atoms with E-state index in [1.807, 2.05) is 0 Å². The normalized spacial score (nSPS) is 12.6. The number of carbonyl (C=O) groups excluding carboxylic acids is 1. The van der Waals surface area contributed by atoms with Crippen LogP contribution >= 0.6 is 0 Å². The van der Waals surface area contributed by atoms with Gasteiger partial charge in [0, 0.05) is 0 Å². The summed E-state index contributed by atoms with van der Waals surface area (Å²) in [7, 11) is -5.54. The van der Waals surface area contributed by atoms with Crippen LogP contribution in [0.4, 0.5) is 8.78 Å². The van der Waals surface area contributed by atoms with E-state index >= 15 is 0 Å². The number of nitrogens with two attached hydrogens (primary N) is 1. The summed E-state index contributed by atoms with van der Waals surface area (Å²) in [6, 6.07) is 0. The van der Waals surface area contributed by atoms with Crippen molar-refractivity contribution in [1.29, 1.82) is 0 Å². The van der Waals surface area contributed by atoms with Crippen LogP contribution in [0.1, 0.15) is 0 Å². The first kappa shape index (κ1) is 13.2. The van der Waals surface area contributed by atoms with Gasteiger partial charge in [-0.1, -0.05) is 0 Å². The van der Waals surface area contributed by atoms with E-state index in [1.165, 1.54) is 0 Å². The molecule has 0 fully saturated rings. The second-order valence-corrected chi connectivity index (χ2v) is 3.54. The van der Waals surface area contributed by atoms with Crippen LogP contribution in [-0.4, -0.2) is 38.0 Å². The Morgan fingerprint density at radius 1 is 1.50 bits per heavy atom. The summed E-state index contributed by atoms with van der Waals surface area (Å²) >= 11 is 0. The molecule has 0 bridgehead atoms. The van der Waals surface area contributed by atoms with Crippen LogP contribution in [-0.2, 0) is 23.9 Å². The maximum atomic E-state index is 12.6. The maximum Gasteiger partial charge on any atom is 0.467 e. The highest BCUT2D eigenvalue weighted by molar-refractivity contribution is 7.88. The first-order valence-electron chi connectivity index (χ1n) is 3.08. The molecule has 0 saturated carbocycles. The summed E-state index contributed by atoms with van der Waals surface area (Å²) in [6.07, 6.45) is 0. The molecule has 0 aromatic carbocycles. The SMILES string of the molecule is NOS(=O)(=O)C(F)(F)C(=O)OCCO. The van der Waals surface area contributed by atoms with Crippen molar-refractivity contribution in [2.24, 2.45) is 5.90 Å². The van der Waals surface area contributed by atoms with Gasteiger partial charge >= 0.3 is 21.3 Å². The van der Waals surface area contributed by atoms with Crippen molar-refractivity contribution in [3.8, 4) is 0 Å². The average molecular weight is 235 g/mol. The second-order valence-electron chi connectivity index (χ2n) is 1.93. The smallest absolute Gasteiger partial charge is 0.458 e. The van der Waals surface area contributed by atoms with E-state index in [0.717, 1.165) is 0 Å². The van der Waals surface area contributed by atoms with Crippen molar-refractivity contribution in [2.75, 3.05) is 13.2 Å². The Kier molecular flexibility index (Phi) is 4.32. The minimum atomic E-state index is -5.54. The molecule has 0 aliphatic rings. The van der Waals surface area contributed by atoms with Gasteiger partial charge in [0.05, 0.1) is 6.61 Å². The minimum Gasteiger partial charge on any atom is -0.458 e. The molecule has 0 unspecified atom stereocenters. The number of esters is 1. The van der Waals surface area contributed by atoms with E-state index in [1.54, 1.807) is 0 Å². The minimum absolute atomic E-state index is 0.717. The quantitative estimate of drug-likeness (QED) is 0.432. The Balaban J connectivity index is 4.70. The first-order chi connectivity index (χ1) is 6.29. The Morgan fingerprint density at radius 2 is 2.00 bits per heavy atom. The molecule has 7 nitrogen and oxygen atoms in total. The largest absolute Gasteiger partial charge is 0.467 e. The summed E-state index contributed by atoms with van der Waals surface area (Å²) < 4.78 is 52.5. The number of carbonyl (C=O) groups is 1. The third-order valence-electron chi connectivity index (χ3n) is 1.00. The number of rotatable bonds is 5. The summed E-state index contributed by atoms with van der Waals surface area (Å²) in [5, 5.41) is 3.22. The first-order valence-corrected chi connectivity index (χ1v) is 4.49. The van der Waals surface area contributed by atoms with E-state index in [4.69, 9.17) is 5.11 Å². The summed E-state index contributed by atoms with van der Waals surface area (Å²) in [5.41, 5.74) is 0. The number of aliphatic hydroxyl groups is 1. The fourth-order valence-corrected chi connectivity index (χ4v) is 0.769. The topological polar surface area (TPSA) is 116 Å². The highest BCUT2D eigenvalue weighted by Gasteiger charge is 2.55. The second kappa shape index (κ2) is 4.59. The van der Waals surface area contributed by atoms with Crippen molar-refractivity contribution < 1.29 is 36.1 Å². The van der Waals surface area contributed by atoms with Crippen molar-refractivity contribution in [3.05, 3.63) is 0 Å². The predicted octanol–water partition coefficient (Wildman–Crippen LogP) is -1.67. The van der Waals surface area contributed by atoms with E-state index in [-0.39, 0.29) is 0 Å². The van der Waals surface area contributed by atoms with Gasteiger partial charge in [0.1, 0.15) is 6.61 Å². The third-order valence-corrected chi connectivity index (χ3v) is 2.05. The van der Waals surface area contributed by atoms with Gasteiger partial charge in [-0.3, -0.25) is 0 Å². The molecule has 0 radical (unpaired) electrons. The summed E-state index contributed by atoms with van der Waals surface area (Å²) in [6.45, 7) is -1.47. The van der Waals surface area contributed by atoms with Crippen LogP contribution in [0, 0.1) is 0 Å². The zero-order chi connectivity index (χ0) is 11.4. The molecule has 0 aromatic rings. The highest BCUT2D eigenvalue weighted by atomic mass is 32.2. The molecule has 0 heterocycles. The Morgan fingerprint density at radius 3 is 2.36 bits per heavy atom. The maximum absolute atomic E-state index is 12.6. The van der Waals surface area contributed by atoms with Crippen LogP contribution in [0.2, 0.25) is 0 Å². The number of hydrogen-bond donors (Lipinski definition) is 2. The van der Waals surface area contributed by atoms with Crippen molar-refractivity contribution >= 4 is 16.1 Å². The van der Waals surface area contributed by atoms with Crippen molar-refractivity contribution in [3.63, 3.8) is 0 Å². The molecule has 0 aliphatic carbocycles. The summed E-state index contributed by atoms with van der Waals surface area (Å²) in [4.78, 5) is 10.4. The number of hydrogen-bond acceptors (Lipinski definition) is 7. The molecule has 0 atom stereocenters. The van der Waals surface area contributed by atoms with Gasteiger partial charge in [0.15, 0.2) is 0 Å². The van der Waals surface area contributed by atoms with Gasteiger partial charge in [-0.15, -0.1) is 0 Å². The molecule has 84 valence electrons. The van der Waals surface area contributed by atoms with E-state index in [2.05, 4.69) is 14.9 Å². The zero-order valence-corrected chi connectivity index (χ0v) is 7.46. The van der Waals surface area contributed by atoms with Crippen LogP contribution in [0.3, 0.4) is 0 Å². The lowest BCUT2D eigenvalue weighted by Crippen LogP contribution is -2.41. The van der Waals surface area contributed by atoms with Gasteiger partial charge in [0.2, 0.25) is 0 Å². The standard InChI is InChI=1S/C4H7F2NO6S/c5-4(6,14(10,11)13-7)3(9)12-2-1-8/h8H,1-2,7H2. The molecule has 0 aromatic heterocycles. The van der Waals surface area contributed by atoms with Crippen molar-refractivity contribution in [2.45, 2.75) is 5.25 Å². The Bertz CT molecular complexity index is 301. The fraction of sp³-hybridized carbons (Fsp3) is 0.750. The van der Waals surface area contributed by atoms with Crippen LogP contribution in [0.15, 0.2) is 0 Å². The van der Waals surface area contributed by atoms with E-state index in [9.17, 15) is 22.0 Å². The number of alkyl halides is 2. The summed E-state index contributed by atoms with van der Waals surface area (Å²) in [5.74, 6) is 1.67. The van der Waals surface area contributed by atoms with E-state index in [0.29, 0.717) is 0 Å². The monoisotopic (exact) mass is 235 g/mol. The van der Waals surface area contributed by atoms with Gasteiger partial charge in [-0.2, -0.15) is 27.4 Å². The molecule has 0 aliphatic heterocycles. The fourth-order valence-electron chi connectivity index (χ4n) is 0.385. The number of ether oxygens (including phenoxy) is 1. The number of halogens is 2. The zero-order valence-electron chi connectivity index (χ0n) is 6.64. The molecule has 3 N–H and O–H groups in total. The lowest BCUT2D eigenvalue weighted by atomic mass is 10.7. The van der Waals surface area contributed by atoms with Gasteiger partial charge in [-0.05, 0) is 0 Å². The molecule has 14 heavy (non-hydrogen) atoms. The van der Waals surface area contributed by atoms with Gasteiger partial charge < -0.3 is 9.84 Å². The lowest BCUT2D eigenvalue weighted by molar-refractivity contribution is -0.162. The van der Waals surface area contributed by atoms with Crippen LogP contribution in [0.5, 0.6) is 0 Å².